The Morgan fingerprint density at radius 1 is 0.731 bits per heavy atom. The van der Waals surface area contributed by atoms with Gasteiger partial charge in [0.1, 0.15) is 12.2 Å². The number of rotatable bonds is 3. The van der Waals surface area contributed by atoms with Crippen LogP contribution in [0.25, 0.3) is 0 Å². The molecule has 1 aliphatic heterocycles. The van der Waals surface area contributed by atoms with Crippen molar-refractivity contribution in [1.29, 1.82) is 0 Å². The molecule has 2 heteroatoms. The number of benzene rings is 3. The van der Waals surface area contributed by atoms with Gasteiger partial charge in [-0.05, 0) is 23.1 Å². The van der Waals surface area contributed by atoms with Crippen LogP contribution < -0.4 is 0 Å². The number of Topliss-reactive ketones (excluding diaryl/α,β-unsaturated/α-hetero) is 1. The Morgan fingerprint density at radius 3 is 1.77 bits per heavy atom. The number of ether oxygens (including phenoxy) is 1. The summed E-state index contributed by atoms with van der Waals surface area (Å²) in [5.74, 6) is 0.236. The summed E-state index contributed by atoms with van der Waals surface area (Å²) < 4.78 is 6.49. The van der Waals surface area contributed by atoms with Crippen molar-refractivity contribution in [1.82, 2.24) is 0 Å². The molecule has 1 atom stereocenters. The molecule has 0 saturated carbocycles. The minimum absolute atomic E-state index is 0.0694. The highest BCUT2D eigenvalue weighted by molar-refractivity contribution is 5.80. The van der Waals surface area contributed by atoms with E-state index in [9.17, 15) is 4.79 Å². The summed E-state index contributed by atoms with van der Waals surface area (Å²) in [7, 11) is 0. The summed E-state index contributed by atoms with van der Waals surface area (Å²) in [6.45, 7) is 0.146. The Labute approximate surface area is 154 Å². The lowest BCUT2D eigenvalue weighted by Crippen LogP contribution is -2.37. The van der Waals surface area contributed by atoms with Crippen molar-refractivity contribution in [2.45, 2.75) is 24.4 Å². The standard InChI is InChI=1S/C24H22O2/c25-22-16-17-23(19-10-4-1-5-11-19)24(26-18-22,20-12-6-2-7-13-20)21-14-8-3-9-15-21/h1-15,23H,16-18H2. The quantitative estimate of drug-likeness (QED) is 0.662. The third-order valence-corrected chi connectivity index (χ3v) is 5.27. The van der Waals surface area contributed by atoms with E-state index < -0.39 is 5.60 Å². The molecule has 2 nitrogen and oxygen atoms in total. The van der Waals surface area contributed by atoms with E-state index in [0.29, 0.717) is 6.42 Å². The molecule has 1 aliphatic rings. The monoisotopic (exact) mass is 342 g/mol. The van der Waals surface area contributed by atoms with Gasteiger partial charge in [-0.3, -0.25) is 4.79 Å². The average Bonchev–Trinajstić information content (AvgIpc) is 2.90. The van der Waals surface area contributed by atoms with Crippen molar-refractivity contribution in [2.75, 3.05) is 6.61 Å². The van der Waals surface area contributed by atoms with Crippen molar-refractivity contribution < 1.29 is 9.53 Å². The maximum atomic E-state index is 12.3. The molecule has 130 valence electrons. The van der Waals surface area contributed by atoms with Crippen LogP contribution in [0.3, 0.4) is 0 Å². The summed E-state index contributed by atoms with van der Waals surface area (Å²) in [6, 6.07) is 31.1. The normalized spacial score (nSPS) is 19.7. The Kier molecular flexibility index (Phi) is 4.68. The van der Waals surface area contributed by atoms with E-state index in [1.54, 1.807) is 0 Å². The van der Waals surface area contributed by atoms with Crippen molar-refractivity contribution in [3.63, 3.8) is 0 Å². The molecule has 1 fully saturated rings. The third-order valence-electron chi connectivity index (χ3n) is 5.27. The van der Waals surface area contributed by atoms with Crippen molar-refractivity contribution >= 4 is 5.78 Å². The van der Waals surface area contributed by atoms with Gasteiger partial charge in [0.2, 0.25) is 0 Å². The maximum absolute atomic E-state index is 12.3. The first-order chi connectivity index (χ1) is 12.8. The smallest absolute Gasteiger partial charge is 0.158 e. The molecule has 0 aromatic heterocycles. The van der Waals surface area contributed by atoms with E-state index in [1.807, 2.05) is 42.5 Å². The minimum atomic E-state index is -0.671. The highest BCUT2D eigenvalue weighted by Gasteiger charge is 2.45. The highest BCUT2D eigenvalue weighted by atomic mass is 16.5. The topological polar surface area (TPSA) is 26.3 Å². The van der Waals surface area contributed by atoms with Crippen LogP contribution >= 0.6 is 0 Å². The van der Waals surface area contributed by atoms with Gasteiger partial charge in [-0.2, -0.15) is 0 Å². The van der Waals surface area contributed by atoms with Gasteiger partial charge in [-0.15, -0.1) is 0 Å². The molecule has 26 heavy (non-hydrogen) atoms. The Bertz CT molecular complexity index is 817. The largest absolute Gasteiger partial charge is 0.357 e. The molecule has 0 spiro atoms. The molecule has 0 N–H and O–H groups in total. The SMILES string of the molecule is O=C1CCC(c2ccccc2)C(c2ccccc2)(c2ccccc2)OC1. The lowest BCUT2D eigenvalue weighted by Gasteiger charge is -2.40. The molecular formula is C24H22O2. The second-order valence-electron chi connectivity index (χ2n) is 6.80. The molecule has 1 unspecified atom stereocenters. The zero-order valence-corrected chi connectivity index (χ0v) is 14.7. The summed E-state index contributed by atoms with van der Waals surface area (Å²) in [5, 5.41) is 0. The maximum Gasteiger partial charge on any atom is 0.158 e. The number of hydrogen-bond donors (Lipinski definition) is 0. The second-order valence-corrected chi connectivity index (χ2v) is 6.80. The summed E-state index contributed by atoms with van der Waals surface area (Å²) in [6.07, 6.45) is 1.31. The van der Waals surface area contributed by atoms with Gasteiger partial charge in [-0.1, -0.05) is 91.0 Å². The van der Waals surface area contributed by atoms with Crippen LogP contribution in [-0.4, -0.2) is 12.4 Å². The van der Waals surface area contributed by atoms with E-state index in [0.717, 1.165) is 17.5 Å². The van der Waals surface area contributed by atoms with Gasteiger partial charge in [0.25, 0.3) is 0 Å². The lowest BCUT2D eigenvalue weighted by molar-refractivity contribution is -0.127. The Balaban J connectivity index is 1.97. The van der Waals surface area contributed by atoms with Crippen LogP contribution in [0.1, 0.15) is 35.4 Å². The number of carbonyl (C=O) groups is 1. The highest BCUT2D eigenvalue weighted by Crippen LogP contribution is 2.49. The first kappa shape index (κ1) is 16.7. The van der Waals surface area contributed by atoms with Gasteiger partial charge in [0.15, 0.2) is 5.78 Å². The number of hydrogen-bond acceptors (Lipinski definition) is 2. The fraction of sp³-hybridized carbons (Fsp3) is 0.208. The molecule has 0 bridgehead atoms. The fourth-order valence-corrected chi connectivity index (χ4v) is 4.07. The van der Waals surface area contributed by atoms with Crippen LogP contribution in [0.5, 0.6) is 0 Å². The molecule has 1 heterocycles. The van der Waals surface area contributed by atoms with Crippen LogP contribution in [0.15, 0.2) is 91.0 Å². The Hall–Kier alpha value is -2.71. The van der Waals surface area contributed by atoms with Crippen LogP contribution in [0.2, 0.25) is 0 Å². The van der Waals surface area contributed by atoms with Gasteiger partial charge < -0.3 is 4.74 Å². The molecule has 3 aromatic rings. The van der Waals surface area contributed by atoms with Gasteiger partial charge in [0, 0.05) is 12.3 Å². The molecule has 1 saturated heterocycles. The van der Waals surface area contributed by atoms with E-state index >= 15 is 0 Å². The van der Waals surface area contributed by atoms with Crippen molar-refractivity contribution in [3.05, 3.63) is 108 Å². The predicted octanol–water partition coefficient (Wildman–Crippen LogP) is 5.09. The second kappa shape index (κ2) is 7.27. The lowest BCUT2D eigenvalue weighted by atomic mass is 9.71. The van der Waals surface area contributed by atoms with Gasteiger partial charge in [-0.25, -0.2) is 0 Å². The Morgan fingerprint density at radius 2 is 1.23 bits per heavy atom. The number of carbonyl (C=O) groups excluding carboxylic acids is 1. The van der Waals surface area contributed by atoms with Crippen LogP contribution in [-0.2, 0) is 15.1 Å². The van der Waals surface area contributed by atoms with E-state index in [2.05, 4.69) is 48.5 Å². The summed E-state index contributed by atoms with van der Waals surface area (Å²) >= 11 is 0. The van der Waals surface area contributed by atoms with Crippen molar-refractivity contribution in [3.8, 4) is 0 Å². The predicted molar refractivity (Wildman–Crippen MR) is 103 cm³/mol. The van der Waals surface area contributed by atoms with Crippen LogP contribution in [0, 0.1) is 0 Å². The zero-order chi connectivity index (χ0) is 17.8. The molecule has 0 aliphatic carbocycles. The van der Waals surface area contributed by atoms with E-state index in [-0.39, 0.29) is 18.3 Å². The van der Waals surface area contributed by atoms with Crippen LogP contribution in [0.4, 0.5) is 0 Å². The van der Waals surface area contributed by atoms with E-state index in [4.69, 9.17) is 4.74 Å². The third kappa shape index (κ3) is 2.97. The fourth-order valence-electron chi connectivity index (χ4n) is 4.07. The number of ketones is 1. The summed E-state index contributed by atoms with van der Waals surface area (Å²) in [4.78, 5) is 12.3. The minimum Gasteiger partial charge on any atom is -0.357 e. The molecule has 4 rings (SSSR count). The first-order valence-electron chi connectivity index (χ1n) is 9.12. The molecule has 0 radical (unpaired) electrons. The van der Waals surface area contributed by atoms with Crippen molar-refractivity contribution in [2.24, 2.45) is 0 Å². The zero-order valence-electron chi connectivity index (χ0n) is 14.7. The van der Waals surface area contributed by atoms with Gasteiger partial charge >= 0.3 is 0 Å². The first-order valence-corrected chi connectivity index (χ1v) is 9.12. The molecule has 3 aromatic carbocycles. The van der Waals surface area contributed by atoms with E-state index in [1.165, 1.54) is 5.56 Å². The average molecular weight is 342 g/mol. The van der Waals surface area contributed by atoms with Gasteiger partial charge in [0.05, 0.1) is 0 Å². The molecule has 0 amide bonds. The summed E-state index contributed by atoms with van der Waals surface area (Å²) in [5.41, 5.74) is 2.72. The molecular weight excluding hydrogens is 320 g/mol.